The number of hydrogen-bond acceptors (Lipinski definition) is 4. The van der Waals surface area contributed by atoms with Gasteiger partial charge in [-0.25, -0.2) is 4.79 Å². The Balaban J connectivity index is 1.50. The van der Waals surface area contributed by atoms with Crippen molar-refractivity contribution >= 4 is 28.7 Å². The van der Waals surface area contributed by atoms with Crippen LogP contribution in [0.1, 0.15) is 20.7 Å². The van der Waals surface area contributed by atoms with Gasteiger partial charge in [0.2, 0.25) is 0 Å². The fourth-order valence-electron chi connectivity index (χ4n) is 2.27. The SMILES string of the molecule is O=C(COC(=O)c1c[nH]c2ccccc12)NNC(=O)c1ccccc1. The molecule has 0 aliphatic rings. The van der Waals surface area contributed by atoms with Crippen LogP contribution >= 0.6 is 0 Å². The Labute approximate surface area is 143 Å². The van der Waals surface area contributed by atoms with Crippen LogP contribution in [0.4, 0.5) is 0 Å². The Morgan fingerprint density at radius 3 is 2.44 bits per heavy atom. The second-order valence-corrected chi connectivity index (χ2v) is 5.19. The molecule has 3 rings (SSSR count). The number of hydrogen-bond donors (Lipinski definition) is 3. The molecule has 0 aliphatic heterocycles. The van der Waals surface area contributed by atoms with E-state index in [1.807, 2.05) is 12.1 Å². The zero-order valence-corrected chi connectivity index (χ0v) is 13.1. The first-order valence-electron chi connectivity index (χ1n) is 7.52. The number of H-pyrrole nitrogens is 1. The summed E-state index contributed by atoms with van der Waals surface area (Å²) < 4.78 is 4.97. The van der Waals surface area contributed by atoms with Crippen molar-refractivity contribution in [3.63, 3.8) is 0 Å². The van der Waals surface area contributed by atoms with Crippen molar-refractivity contribution in [1.29, 1.82) is 0 Å². The van der Waals surface area contributed by atoms with E-state index >= 15 is 0 Å². The number of hydrazine groups is 1. The molecule has 0 saturated carbocycles. The van der Waals surface area contributed by atoms with Gasteiger partial charge in [0.05, 0.1) is 5.56 Å². The van der Waals surface area contributed by atoms with E-state index in [9.17, 15) is 14.4 Å². The second-order valence-electron chi connectivity index (χ2n) is 5.19. The highest BCUT2D eigenvalue weighted by Crippen LogP contribution is 2.18. The number of carbonyl (C=O) groups excluding carboxylic acids is 3. The number of carbonyl (C=O) groups is 3. The van der Waals surface area contributed by atoms with E-state index in [2.05, 4.69) is 15.8 Å². The second kappa shape index (κ2) is 7.31. The van der Waals surface area contributed by atoms with Crippen molar-refractivity contribution in [1.82, 2.24) is 15.8 Å². The van der Waals surface area contributed by atoms with Crippen LogP contribution in [0, 0.1) is 0 Å². The number of amides is 2. The average Bonchev–Trinajstić information content (AvgIpc) is 3.09. The van der Waals surface area contributed by atoms with E-state index in [0.29, 0.717) is 16.5 Å². The molecule has 1 heterocycles. The van der Waals surface area contributed by atoms with Crippen LogP contribution in [0.5, 0.6) is 0 Å². The van der Waals surface area contributed by atoms with Crippen molar-refractivity contribution in [3.8, 4) is 0 Å². The molecule has 0 atom stereocenters. The van der Waals surface area contributed by atoms with Gasteiger partial charge in [-0.1, -0.05) is 36.4 Å². The fourth-order valence-corrected chi connectivity index (χ4v) is 2.27. The number of nitrogens with one attached hydrogen (secondary N) is 3. The number of para-hydroxylation sites is 1. The average molecular weight is 337 g/mol. The number of ether oxygens (including phenoxy) is 1. The Morgan fingerprint density at radius 1 is 0.920 bits per heavy atom. The molecule has 2 amide bonds. The molecule has 126 valence electrons. The highest BCUT2D eigenvalue weighted by Gasteiger charge is 2.15. The molecular weight excluding hydrogens is 322 g/mol. The van der Waals surface area contributed by atoms with Crippen LogP contribution in [-0.2, 0) is 9.53 Å². The molecule has 1 aromatic heterocycles. The molecule has 0 fully saturated rings. The highest BCUT2D eigenvalue weighted by molar-refractivity contribution is 6.04. The molecule has 7 heteroatoms. The monoisotopic (exact) mass is 337 g/mol. The van der Waals surface area contributed by atoms with Crippen LogP contribution in [0.3, 0.4) is 0 Å². The van der Waals surface area contributed by atoms with Crippen LogP contribution in [0.15, 0.2) is 60.8 Å². The van der Waals surface area contributed by atoms with Crippen molar-refractivity contribution < 1.29 is 19.1 Å². The highest BCUT2D eigenvalue weighted by atomic mass is 16.5. The molecule has 0 aliphatic carbocycles. The van der Waals surface area contributed by atoms with Gasteiger partial charge in [-0.2, -0.15) is 0 Å². The summed E-state index contributed by atoms with van der Waals surface area (Å²) in [5.41, 5.74) is 5.99. The summed E-state index contributed by atoms with van der Waals surface area (Å²) in [6.07, 6.45) is 1.53. The summed E-state index contributed by atoms with van der Waals surface area (Å²) in [6, 6.07) is 15.7. The van der Waals surface area contributed by atoms with E-state index in [0.717, 1.165) is 5.52 Å². The lowest BCUT2D eigenvalue weighted by molar-refractivity contribution is -0.125. The van der Waals surface area contributed by atoms with Gasteiger partial charge in [-0.3, -0.25) is 20.4 Å². The van der Waals surface area contributed by atoms with Gasteiger partial charge < -0.3 is 9.72 Å². The number of aromatic nitrogens is 1. The van der Waals surface area contributed by atoms with Gasteiger partial charge in [0, 0.05) is 22.7 Å². The van der Waals surface area contributed by atoms with Gasteiger partial charge in [0.15, 0.2) is 6.61 Å². The molecule has 3 N–H and O–H groups in total. The summed E-state index contributed by atoms with van der Waals surface area (Å²) in [5, 5.41) is 0.713. The van der Waals surface area contributed by atoms with Crippen molar-refractivity contribution in [2.45, 2.75) is 0 Å². The maximum absolute atomic E-state index is 12.1. The number of benzene rings is 2. The number of rotatable bonds is 4. The third-order valence-electron chi connectivity index (χ3n) is 3.49. The van der Waals surface area contributed by atoms with Gasteiger partial charge in [-0.05, 0) is 18.2 Å². The van der Waals surface area contributed by atoms with Gasteiger partial charge in [0.1, 0.15) is 0 Å². The first-order chi connectivity index (χ1) is 12.1. The minimum absolute atomic E-state index is 0.344. The molecule has 3 aromatic rings. The lowest BCUT2D eigenvalue weighted by atomic mass is 10.2. The number of aromatic amines is 1. The summed E-state index contributed by atoms with van der Waals surface area (Å²) >= 11 is 0. The molecule has 2 aromatic carbocycles. The predicted molar refractivity (Wildman–Crippen MR) is 90.6 cm³/mol. The van der Waals surface area contributed by atoms with Crippen LogP contribution in [0.2, 0.25) is 0 Å². The van der Waals surface area contributed by atoms with Crippen LogP contribution in [-0.4, -0.2) is 29.4 Å². The maximum Gasteiger partial charge on any atom is 0.340 e. The molecule has 0 unspecified atom stereocenters. The summed E-state index contributed by atoms with van der Waals surface area (Å²) in [7, 11) is 0. The number of fused-ring (bicyclic) bond motifs is 1. The normalized spacial score (nSPS) is 10.2. The van der Waals surface area contributed by atoms with E-state index in [-0.39, 0.29) is 0 Å². The molecule has 25 heavy (non-hydrogen) atoms. The molecule has 0 saturated heterocycles. The van der Waals surface area contributed by atoms with Gasteiger partial charge in [0.25, 0.3) is 11.8 Å². The van der Waals surface area contributed by atoms with E-state index < -0.39 is 24.4 Å². The van der Waals surface area contributed by atoms with Crippen LogP contribution in [0.25, 0.3) is 10.9 Å². The molecule has 0 bridgehead atoms. The minimum Gasteiger partial charge on any atom is -0.452 e. The zero-order valence-electron chi connectivity index (χ0n) is 13.1. The Bertz CT molecular complexity index is 918. The van der Waals surface area contributed by atoms with Crippen molar-refractivity contribution in [2.75, 3.05) is 6.61 Å². The molecule has 7 nitrogen and oxygen atoms in total. The summed E-state index contributed by atoms with van der Waals surface area (Å²) in [5.74, 6) is -1.73. The molecule has 0 spiro atoms. The Hall–Kier alpha value is -3.61. The Kier molecular flexibility index (Phi) is 4.75. The molecular formula is C18H15N3O4. The van der Waals surface area contributed by atoms with Crippen molar-refractivity contribution in [3.05, 3.63) is 71.9 Å². The van der Waals surface area contributed by atoms with E-state index in [4.69, 9.17) is 4.74 Å². The van der Waals surface area contributed by atoms with Gasteiger partial charge in [-0.15, -0.1) is 0 Å². The van der Waals surface area contributed by atoms with E-state index in [1.54, 1.807) is 42.5 Å². The smallest absolute Gasteiger partial charge is 0.340 e. The minimum atomic E-state index is -0.641. The van der Waals surface area contributed by atoms with Gasteiger partial charge >= 0.3 is 5.97 Å². The maximum atomic E-state index is 12.1. The fraction of sp³-hybridized carbons (Fsp3) is 0.0556. The molecule has 0 radical (unpaired) electrons. The summed E-state index contributed by atoms with van der Waals surface area (Å²) in [4.78, 5) is 38.5. The zero-order chi connectivity index (χ0) is 17.6. The number of esters is 1. The topological polar surface area (TPSA) is 100 Å². The Morgan fingerprint density at radius 2 is 1.64 bits per heavy atom. The standard InChI is InChI=1S/C18H15N3O4/c22-16(20-21-17(23)12-6-2-1-3-7-12)11-25-18(24)14-10-19-15-9-5-4-8-13(14)15/h1-10,19H,11H2,(H,20,22)(H,21,23). The predicted octanol–water partition coefficient (Wildman–Crippen LogP) is 1.79. The lowest BCUT2D eigenvalue weighted by Crippen LogP contribution is -2.43. The first kappa shape index (κ1) is 16.3. The quantitative estimate of drug-likeness (QED) is 0.499. The van der Waals surface area contributed by atoms with Crippen LogP contribution < -0.4 is 10.9 Å². The van der Waals surface area contributed by atoms with Crippen molar-refractivity contribution in [2.24, 2.45) is 0 Å². The van der Waals surface area contributed by atoms with E-state index in [1.165, 1.54) is 6.20 Å². The third kappa shape index (κ3) is 3.84. The third-order valence-corrected chi connectivity index (χ3v) is 3.49. The largest absolute Gasteiger partial charge is 0.452 e. The first-order valence-corrected chi connectivity index (χ1v) is 7.52. The lowest BCUT2D eigenvalue weighted by Gasteiger charge is -2.08. The summed E-state index contributed by atoms with van der Waals surface area (Å²) in [6.45, 7) is -0.507.